The van der Waals surface area contributed by atoms with E-state index in [1.165, 1.54) is 76.3 Å². The standard InChI is InChI=1S/C40H26N2/c1-3-11-28-25(9-1)17-19-34-35-20-18-26-10-2-4-12-29(26)39(35)42-40(37(28)34)38-32-15-7-5-13-30(32)36(27-21-23-41-24-22-27)31-14-6-8-16-33(31)38/h1-7,9-15,17-24H,8,16H2. The van der Waals surface area contributed by atoms with Gasteiger partial charge in [0.2, 0.25) is 0 Å². The van der Waals surface area contributed by atoms with Crippen molar-refractivity contribution in [2.24, 2.45) is 0 Å². The van der Waals surface area contributed by atoms with Gasteiger partial charge in [0, 0.05) is 34.1 Å². The third-order valence-corrected chi connectivity index (χ3v) is 8.99. The summed E-state index contributed by atoms with van der Waals surface area (Å²) in [7, 11) is 0. The number of hydrogen-bond acceptors (Lipinski definition) is 2. The first kappa shape index (κ1) is 23.4. The molecule has 0 N–H and O–H groups in total. The number of hydrogen-bond donors (Lipinski definition) is 0. The number of aromatic nitrogens is 2. The Morgan fingerprint density at radius 1 is 0.524 bits per heavy atom. The number of fused-ring (bicyclic) bond motifs is 9. The van der Waals surface area contributed by atoms with Gasteiger partial charge in [-0.3, -0.25) is 4.98 Å². The molecule has 2 aromatic heterocycles. The maximum Gasteiger partial charge on any atom is 0.0803 e. The Bertz CT molecular complexity index is 2400. The molecule has 1 aliphatic rings. The van der Waals surface area contributed by atoms with E-state index in [0.29, 0.717) is 0 Å². The largest absolute Gasteiger partial charge is 0.265 e. The Morgan fingerprint density at radius 3 is 1.95 bits per heavy atom. The van der Waals surface area contributed by atoms with Crippen LogP contribution in [0, 0.1) is 0 Å². The molecule has 0 radical (unpaired) electrons. The van der Waals surface area contributed by atoms with E-state index in [1.807, 2.05) is 12.4 Å². The molecule has 2 heteroatoms. The fourth-order valence-corrected chi connectivity index (χ4v) is 7.18. The minimum atomic E-state index is 0.978. The summed E-state index contributed by atoms with van der Waals surface area (Å²) in [5, 5.41) is 11.1. The Kier molecular flexibility index (Phi) is 5.06. The van der Waals surface area contributed by atoms with Crippen molar-refractivity contribution in [3.05, 3.63) is 139 Å². The second-order valence-corrected chi connectivity index (χ2v) is 11.2. The molecule has 0 atom stereocenters. The topological polar surface area (TPSA) is 25.8 Å². The molecule has 0 unspecified atom stereocenters. The van der Waals surface area contributed by atoms with E-state index in [4.69, 9.17) is 4.98 Å². The molecule has 0 fully saturated rings. The third-order valence-electron chi connectivity index (χ3n) is 8.99. The van der Waals surface area contributed by atoms with Crippen LogP contribution in [0.15, 0.2) is 128 Å². The van der Waals surface area contributed by atoms with Crippen LogP contribution in [-0.2, 0) is 6.42 Å². The number of benzene rings is 6. The van der Waals surface area contributed by atoms with Crippen LogP contribution in [0.2, 0.25) is 0 Å². The fraction of sp³-hybridized carbons (Fsp3) is 0.0500. The summed E-state index contributed by atoms with van der Waals surface area (Å²) >= 11 is 0. The molecule has 0 bridgehead atoms. The highest BCUT2D eigenvalue weighted by atomic mass is 14.7. The predicted molar refractivity (Wildman–Crippen MR) is 178 cm³/mol. The summed E-state index contributed by atoms with van der Waals surface area (Å²) in [6.07, 6.45) is 10.4. The van der Waals surface area contributed by atoms with Crippen LogP contribution in [0.5, 0.6) is 0 Å². The van der Waals surface area contributed by atoms with E-state index in [1.54, 1.807) is 0 Å². The maximum absolute atomic E-state index is 5.68. The highest BCUT2D eigenvalue weighted by molar-refractivity contribution is 6.26. The molecule has 0 saturated heterocycles. The second-order valence-electron chi connectivity index (χ2n) is 11.2. The fourth-order valence-electron chi connectivity index (χ4n) is 7.18. The van der Waals surface area contributed by atoms with E-state index < -0.39 is 0 Å². The van der Waals surface area contributed by atoms with E-state index in [9.17, 15) is 0 Å². The molecule has 8 aromatic rings. The molecule has 0 aliphatic heterocycles. The monoisotopic (exact) mass is 534 g/mol. The zero-order valence-electron chi connectivity index (χ0n) is 23.0. The van der Waals surface area contributed by atoms with Crippen LogP contribution in [0.25, 0.3) is 82.5 Å². The van der Waals surface area contributed by atoms with Crippen LogP contribution in [0.3, 0.4) is 0 Å². The molecule has 2 heterocycles. The molecule has 0 amide bonds. The lowest BCUT2D eigenvalue weighted by molar-refractivity contribution is 0.990. The van der Waals surface area contributed by atoms with Gasteiger partial charge in [-0.1, -0.05) is 109 Å². The van der Waals surface area contributed by atoms with E-state index in [2.05, 4.69) is 126 Å². The van der Waals surface area contributed by atoms with Gasteiger partial charge in [0.25, 0.3) is 0 Å². The van der Waals surface area contributed by atoms with E-state index in [-0.39, 0.29) is 0 Å². The summed E-state index contributed by atoms with van der Waals surface area (Å²) in [6, 6.07) is 39.6. The summed E-state index contributed by atoms with van der Waals surface area (Å²) in [4.78, 5) is 10.00. The van der Waals surface area contributed by atoms with Crippen LogP contribution in [0.4, 0.5) is 0 Å². The molecule has 0 saturated carbocycles. The molecule has 1 aliphatic carbocycles. The molecule has 2 nitrogen and oxygen atoms in total. The molecule has 0 spiro atoms. The van der Waals surface area contributed by atoms with Crippen molar-refractivity contribution in [3.63, 3.8) is 0 Å². The van der Waals surface area contributed by atoms with Gasteiger partial charge >= 0.3 is 0 Å². The molecule has 196 valence electrons. The molecule has 42 heavy (non-hydrogen) atoms. The van der Waals surface area contributed by atoms with E-state index >= 15 is 0 Å². The highest BCUT2D eigenvalue weighted by Gasteiger charge is 2.25. The minimum absolute atomic E-state index is 0.978. The SMILES string of the molecule is C1=Cc2c(c(-c3nc4c5ccccc5ccc4c4ccc5ccccc5c34)c3ccccc3c2-c2ccncc2)CC1. The lowest BCUT2D eigenvalue weighted by Gasteiger charge is -2.24. The van der Waals surface area contributed by atoms with Gasteiger partial charge in [0.1, 0.15) is 0 Å². The van der Waals surface area contributed by atoms with Gasteiger partial charge < -0.3 is 0 Å². The normalized spacial score (nSPS) is 13.0. The smallest absolute Gasteiger partial charge is 0.0803 e. The average molecular weight is 535 g/mol. The quantitative estimate of drug-likeness (QED) is 0.206. The first-order valence-corrected chi connectivity index (χ1v) is 14.6. The van der Waals surface area contributed by atoms with Crippen LogP contribution in [0.1, 0.15) is 17.5 Å². The van der Waals surface area contributed by atoms with Gasteiger partial charge in [-0.25, -0.2) is 4.98 Å². The predicted octanol–water partition coefficient (Wildman–Crippen LogP) is 10.5. The number of allylic oxidation sites excluding steroid dienone is 1. The Balaban J connectivity index is 1.54. The average Bonchev–Trinajstić information content (AvgIpc) is 3.07. The van der Waals surface area contributed by atoms with Gasteiger partial charge in [0.15, 0.2) is 0 Å². The lowest BCUT2D eigenvalue weighted by atomic mass is 9.80. The first-order chi connectivity index (χ1) is 20.9. The minimum Gasteiger partial charge on any atom is -0.265 e. The van der Waals surface area contributed by atoms with Crippen molar-refractivity contribution < 1.29 is 0 Å². The maximum atomic E-state index is 5.68. The zero-order chi connectivity index (χ0) is 27.6. The Hall–Kier alpha value is -5.34. The highest BCUT2D eigenvalue weighted by Crippen LogP contribution is 2.47. The van der Waals surface area contributed by atoms with Crippen molar-refractivity contribution in [2.45, 2.75) is 12.8 Å². The number of nitrogens with zero attached hydrogens (tertiary/aromatic N) is 2. The zero-order valence-corrected chi connectivity index (χ0v) is 23.0. The summed E-state index contributed by atoms with van der Waals surface area (Å²) < 4.78 is 0. The summed E-state index contributed by atoms with van der Waals surface area (Å²) in [5.74, 6) is 0. The van der Waals surface area contributed by atoms with Crippen LogP contribution in [-0.4, -0.2) is 9.97 Å². The molecule has 9 rings (SSSR count). The third kappa shape index (κ3) is 3.33. The molecular formula is C40H26N2. The van der Waals surface area contributed by atoms with Gasteiger partial charge in [0.05, 0.1) is 11.2 Å². The van der Waals surface area contributed by atoms with Crippen molar-refractivity contribution in [3.8, 4) is 22.4 Å². The van der Waals surface area contributed by atoms with Crippen molar-refractivity contribution in [1.29, 1.82) is 0 Å². The molecule has 6 aromatic carbocycles. The Morgan fingerprint density at radius 2 is 1.17 bits per heavy atom. The lowest BCUT2D eigenvalue weighted by Crippen LogP contribution is -2.04. The number of rotatable bonds is 2. The van der Waals surface area contributed by atoms with Crippen LogP contribution >= 0.6 is 0 Å². The van der Waals surface area contributed by atoms with Crippen LogP contribution < -0.4 is 0 Å². The van der Waals surface area contributed by atoms with Crippen molar-refractivity contribution in [2.75, 3.05) is 0 Å². The van der Waals surface area contributed by atoms with Gasteiger partial charge in [-0.15, -0.1) is 0 Å². The van der Waals surface area contributed by atoms with Crippen molar-refractivity contribution >= 4 is 60.1 Å². The van der Waals surface area contributed by atoms with Crippen molar-refractivity contribution in [1.82, 2.24) is 9.97 Å². The summed E-state index contributed by atoms with van der Waals surface area (Å²) in [5.41, 5.74) is 8.56. The van der Waals surface area contributed by atoms with Gasteiger partial charge in [-0.2, -0.15) is 0 Å². The van der Waals surface area contributed by atoms with E-state index in [0.717, 1.165) is 24.1 Å². The first-order valence-electron chi connectivity index (χ1n) is 14.6. The number of pyridine rings is 2. The summed E-state index contributed by atoms with van der Waals surface area (Å²) in [6.45, 7) is 0. The second kappa shape index (κ2) is 9.09. The Labute approximate surface area is 243 Å². The van der Waals surface area contributed by atoms with Gasteiger partial charge in [-0.05, 0) is 79.5 Å². The molecular weight excluding hydrogens is 508 g/mol.